The predicted octanol–water partition coefficient (Wildman–Crippen LogP) is 5.82. The molecule has 2 nitrogen and oxygen atoms in total. The summed E-state index contributed by atoms with van der Waals surface area (Å²) in [6.45, 7) is 10.9. The van der Waals surface area contributed by atoms with Crippen molar-refractivity contribution < 1.29 is 9.47 Å². The van der Waals surface area contributed by atoms with E-state index in [9.17, 15) is 0 Å². The van der Waals surface area contributed by atoms with Crippen LogP contribution >= 0.6 is 0 Å². The van der Waals surface area contributed by atoms with Gasteiger partial charge in [-0.15, -0.1) is 0 Å². The molecule has 1 atom stereocenters. The van der Waals surface area contributed by atoms with E-state index in [1.807, 2.05) is 37.3 Å². The summed E-state index contributed by atoms with van der Waals surface area (Å²) in [6, 6.07) is 7.97. The van der Waals surface area contributed by atoms with Crippen molar-refractivity contribution in [3.63, 3.8) is 0 Å². The number of unbranched alkanes of at least 4 members (excludes halogenated alkanes) is 3. The van der Waals surface area contributed by atoms with Crippen molar-refractivity contribution in [3.05, 3.63) is 36.4 Å². The molecule has 0 bridgehead atoms. The van der Waals surface area contributed by atoms with Crippen LogP contribution in [0.15, 0.2) is 30.8 Å². The highest BCUT2D eigenvalue weighted by Gasteiger charge is 2.26. The van der Waals surface area contributed by atoms with Gasteiger partial charge < -0.3 is 9.47 Å². The first-order valence-electron chi connectivity index (χ1n) is 8.19. The molecule has 0 aliphatic heterocycles. The molecule has 2 heteroatoms. The molecule has 0 amide bonds. The maximum absolute atomic E-state index is 6.09. The summed E-state index contributed by atoms with van der Waals surface area (Å²) < 4.78 is 12.1. The molecule has 118 valence electrons. The van der Waals surface area contributed by atoms with Gasteiger partial charge in [0.2, 0.25) is 5.79 Å². The first-order chi connectivity index (χ1) is 10.1. The monoisotopic (exact) mass is 290 g/mol. The van der Waals surface area contributed by atoms with Crippen LogP contribution in [0.1, 0.15) is 64.9 Å². The van der Waals surface area contributed by atoms with Crippen LogP contribution in [0.3, 0.4) is 0 Å². The number of hydrogen-bond donors (Lipinski definition) is 0. The molecule has 0 spiro atoms. The predicted molar refractivity (Wildman–Crippen MR) is 90.6 cm³/mol. The molecular formula is C19H30O2. The number of rotatable bonds is 11. The lowest BCUT2D eigenvalue weighted by Gasteiger charge is -2.30. The molecular weight excluding hydrogens is 260 g/mol. The van der Waals surface area contributed by atoms with Crippen molar-refractivity contribution >= 4 is 6.08 Å². The van der Waals surface area contributed by atoms with Crippen LogP contribution in [0.5, 0.6) is 5.75 Å². The van der Waals surface area contributed by atoms with Crippen LogP contribution in [-0.4, -0.2) is 12.4 Å². The molecule has 0 aliphatic carbocycles. The highest BCUT2D eigenvalue weighted by molar-refractivity contribution is 5.48. The molecule has 0 N–H and O–H groups in total. The van der Waals surface area contributed by atoms with Crippen molar-refractivity contribution in [1.82, 2.24) is 0 Å². The summed E-state index contributed by atoms with van der Waals surface area (Å²) in [5.41, 5.74) is 1.10. The summed E-state index contributed by atoms with van der Waals surface area (Å²) in [6.07, 6.45) is 8.62. The molecule has 0 aromatic heterocycles. The molecule has 0 saturated carbocycles. The average Bonchev–Trinajstić information content (AvgIpc) is 2.48. The van der Waals surface area contributed by atoms with Crippen LogP contribution in [0, 0.1) is 0 Å². The zero-order chi connectivity index (χ0) is 15.6. The van der Waals surface area contributed by atoms with Crippen molar-refractivity contribution in [2.45, 2.75) is 65.1 Å². The Bertz CT molecular complexity index is 397. The van der Waals surface area contributed by atoms with Crippen LogP contribution in [0.4, 0.5) is 0 Å². The normalized spacial score (nSPS) is 13.7. The molecule has 1 aromatic rings. The second-order valence-electron chi connectivity index (χ2n) is 5.67. The van der Waals surface area contributed by atoms with Gasteiger partial charge in [0, 0.05) is 13.3 Å². The molecule has 0 fully saturated rings. The molecule has 0 saturated heterocycles. The molecule has 1 aromatic carbocycles. The van der Waals surface area contributed by atoms with Gasteiger partial charge >= 0.3 is 0 Å². The van der Waals surface area contributed by atoms with E-state index in [-0.39, 0.29) is 0 Å². The smallest absolute Gasteiger partial charge is 0.207 e. The van der Waals surface area contributed by atoms with E-state index in [2.05, 4.69) is 20.4 Å². The lowest BCUT2D eigenvalue weighted by molar-refractivity contribution is -0.175. The Balaban J connectivity index is 2.54. The Morgan fingerprint density at radius 1 is 1.05 bits per heavy atom. The Hall–Kier alpha value is -1.28. The third-order valence-electron chi connectivity index (χ3n) is 3.56. The Labute approximate surface area is 130 Å². The van der Waals surface area contributed by atoms with Gasteiger partial charge in [0.1, 0.15) is 5.75 Å². The summed E-state index contributed by atoms with van der Waals surface area (Å²) in [7, 11) is 0. The van der Waals surface area contributed by atoms with E-state index in [0.29, 0.717) is 0 Å². The lowest BCUT2D eigenvalue weighted by Crippen LogP contribution is -2.36. The van der Waals surface area contributed by atoms with Crippen molar-refractivity contribution in [1.29, 1.82) is 0 Å². The van der Waals surface area contributed by atoms with Crippen LogP contribution < -0.4 is 4.74 Å². The third kappa shape index (κ3) is 6.81. The maximum atomic E-state index is 6.09. The van der Waals surface area contributed by atoms with Crippen molar-refractivity contribution in [2.24, 2.45) is 0 Å². The minimum atomic E-state index is -0.531. The number of hydrogen-bond acceptors (Lipinski definition) is 2. The first-order valence-corrected chi connectivity index (χ1v) is 8.19. The second kappa shape index (κ2) is 9.62. The van der Waals surface area contributed by atoms with Gasteiger partial charge in [0.15, 0.2) is 0 Å². The third-order valence-corrected chi connectivity index (χ3v) is 3.56. The molecule has 1 unspecified atom stereocenters. The largest absolute Gasteiger partial charge is 0.463 e. The van der Waals surface area contributed by atoms with Crippen LogP contribution in [-0.2, 0) is 4.74 Å². The quantitative estimate of drug-likeness (QED) is 0.377. The molecule has 0 heterocycles. The lowest BCUT2D eigenvalue weighted by atomic mass is 10.1. The standard InChI is InChI=1S/C19H30O2/c1-5-8-9-10-16-20-19(4,15-6-2)21-18-13-11-17(7-3)12-14-18/h7,11-14H,3,5-6,8-10,15-16H2,1-2,4H3. The van der Waals surface area contributed by atoms with E-state index >= 15 is 0 Å². The molecule has 0 aliphatic rings. The fourth-order valence-corrected chi connectivity index (χ4v) is 2.34. The Morgan fingerprint density at radius 2 is 1.76 bits per heavy atom. The van der Waals surface area contributed by atoms with Gasteiger partial charge in [0.05, 0.1) is 6.61 Å². The number of ether oxygens (including phenoxy) is 2. The highest BCUT2D eigenvalue weighted by atomic mass is 16.7. The average molecular weight is 290 g/mol. The minimum absolute atomic E-state index is 0.531. The Morgan fingerprint density at radius 3 is 2.33 bits per heavy atom. The maximum Gasteiger partial charge on any atom is 0.207 e. The summed E-state index contributed by atoms with van der Waals surface area (Å²) in [5, 5.41) is 0. The van der Waals surface area contributed by atoms with E-state index in [0.717, 1.165) is 37.2 Å². The minimum Gasteiger partial charge on any atom is -0.463 e. The van der Waals surface area contributed by atoms with Crippen molar-refractivity contribution in [2.75, 3.05) is 6.61 Å². The van der Waals surface area contributed by atoms with Gasteiger partial charge in [-0.05, 0) is 30.5 Å². The van der Waals surface area contributed by atoms with Gasteiger partial charge in [-0.2, -0.15) is 0 Å². The van der Waals surface area contributed by atoms with Gasteiger partial charge in [0.25, 0.3) is 0 Å². The molecule has 1 rings (SSSR count). The zero-order valence-electron chi connectivity index (χ0n) is 13.9. The van der Waals surface area contributed by atoms with Gasteiger partial charge in [-0.25, -0.2) is 0 Å². The first kappa shape index (κ1) is 17.8. The second-order valence-corrected chi connectivity index (χ2v) is 5.67. The van der Waals surface area contributed by atoms with E-state index < -0.39 is 5.79 Å². The zero-order valence-corrected chi connectivity index (χ0v) is 13.9. The topological polar surface area (TPSA) is 18.5 Å². The Kier molecular flexibility index (Phi) is 8.14. The van der Waals surface area contributed by atoms with E-state index in [4.69, 9.17) is 9.47 Å². The number of benzene rings is 1. The van der Waals surface area contributed by atoms with Crippen LogP contribution in [0.2, 0.25) is 0 Å². The summed E-state index contributed by atoms with van der Waals surface area (Å²) in [4.78, 5) is 0. The van der Waals surface area contributed by atoms with E-state index in [1.54, 1.807) is 0 Å². The van der Waals surface area contributed by atoms with Gasteiger partial charge in [-0.3, -0.25) is 0 Å². The van der Waals surface area contributed by atoms with E-state index in [1.165, 1.54) is 19.3 Å². The summed E-state index contributed by atoms with van der Waals surface area (Å²) >= 11 is 0. The molecule has 0 radical (unpaired) electrons. The SMILES string of the molecule is C=Cc1ccc(OC(C)(CCC)OCCCCCC)cc1. The summed E-state index contributed by atoms with van der Waals surface area (Å²) in [5.74, 6) is 0.321. The highest BCUT2D eigenvalue weighted by Crippen LogP contribution is 2.25. The van der Waals surface area contributed by atoms with Gasteiger partial charge in [-0.1, -0.05) is 57.9 Å². The van der Waals surface area contributed by atoms with Crippen LogP contribution in [0.25, 0.3) is 6.08 Å². The fraction of sp³-hybridized carbons (Fsp3) is 0.579. The fourth-order valence-electron chi connectivity index (χ4n) is 2.34. The molecule has 21 heavy (non-hydrogen) atoms. The van der Waals surface area contributed by atoms with Crippen molar-refractivity contribution in [3.8, 4) is 5.75 Å².